The maximum Gasteiger partial charge on any atom is 0.127 e. The number of nitrogens with one attached hydrogen (secondary N) is 1. The van der Waals surface area contributed by atoms with Gasteiger partial charge >= 0.3 is 0 Å². The second-order valence-corrected chi connectivity index (χ2v) is 5.36. The van der Waals surface area contributed by atoms with E-state index in [9.17, 15) is 0 Å². The van der Waals surface area contributed by atoms with Crippen molar-refractivity contribution >= 4 is 5.69 Å². The zero-order chi connectivity index (χ0) is 13.8. The predicted octanol–water partition coefficient (Wildman–Crippen LogP) is 2.58. The zero-order valence-electron chi connectivity index (χ0n) is 12.2. The summed E-state index contributed by atoms with van der Waals surface area (Å²) in [5.41, 5.74) is 2.28. The highest BCUT2D eigenvalue weighted by Gasteiger charge is 2.07. The van der Waals surface area contributed by atoms with Crippen molar-refractivity contribution in [2.45, 2.75) is 40.3 Å². The standard InChI is InChI=1S/C14H23N5/c1-11(2)5-7-19-12(3)13(9-17-19)16-10-14-15-6-8-18(14)4/h6,8-9,11,16H,5,7,10H2,1-4H3. The highest BCUT2D eigenvalue weighted by Crippen LogP contribution is 2.15. The molecule has 0 saturated heterocycles. The Morgan fingerprint density at radius 1 is 1.37 bits per heavy atom. The summed E-state index contributed by atoms with van der Waals surface area (Å²) in [6.07, 6.45) is 6.83. The number of nitrogens with zero attached hydrogens (tertiary/aromatic N) is 4. The van der Waals surface area contributed by atoms with E-state index in [1.54, 1.807) is 0 Å². The molecule has 0 aromatic carbocycles. The first-order chi connectivity index (χ1) is 9.08. The lowest BCUT2D eigenvalue weighted by atomic mass is 10.1. The van der Waals surface area contributed by atoms with Gasteiger partial charge in [0.2, 0.25) is 0 Å². The highest BCUT2D eigenvalue weighted by molar-refractivity contribution is 5.45. The van der Waals surface area contributed by atoms with Crippen LogP contribution in [0, 0.1) is 12.8 Å². The van der Waals surface area contributed by atoms with Crippen LogP contribution in [0.4, 0.5) is 5.69 Å². The molecule has 104 valence electrons. The van der Waals surface area contributed by atoms with E-state index in [1.165, 1.54) is 5.69 Å². The van der Waals surface area contributed by atoms with Crippen LogP contribution in [0.15, 0.2) is 18.6 Å². The van der Waals surface area contributed by atoms with Crippen molar-refractivity contribution in [2.75, 3.05) is 5.32 Å². The van der Waals surface area contributed by atoms with Crippen LogP contribution in [0.25, 0.3) is 0 Å². The highest BCUT2D eigenvalue weighted by atomic mass is 15.3. The molecule has 5 nitrogen and oxygen atoms in total. The smallest absolute Gasteiger partial charge is 0.127 e. The number of imidazole rings is 1. The lowest BCUT2D eigenvalue weighted by Crippen LogP contribution is -2.08. The van der Waals surface area contributed by atoms with Crippen molar-refractivity contribution in [3.8, 4) is 0 Å². The third-order valence-corrected chi connectivity index (χ3v) is 3.38. The molecule has 5 heteroatoms. The molecular weight excluding hydrogens is 238 g/mol. The van der Waals surface area contributed by atoms with Gasteiger partial charge in [-0.1, -0.05) is 13.8 Å². The van der Waals surface area contributed by atoms with E-state index in [1.807, 2.05) is 30.2 Å². The molecule has 0 amide bonds. The van der Waals surface area contributed by atoms with Gasteiger partial charge in [0.15, 0.2) is 0 Å². The molecule has 0 aliphatic carbocycles. The molecule has 0 atom stereocenters. The fourth-order valence-corrected chi connectivity index (χ4v) is 1.97. The molecule has 2 aromatic heterocycles. The first-order valence-electron chi connectivity index (χ1n) is 6.80. The Labute approximate surface area is 114 Å². The van der Waals surface area contributed by atoms with Crippen molar-refractivity contribution in [3.05, 3.63) is 30.1 Å². The van der Waals surface area contributed by atoms with E-state index in [2.05, 4.69) is 40.9 Å². The van der Waals surface area contributed by atoms with Gasteiger partial charge in [-0.25, -0.2) is 4.98 Å². The first-order valence-corrected chi connectivity index (χ1v) is 6.80. The molecule has 0 aliphatic rings. The molecule has 0 bridgehead atoms. The largest absolute Gasteiger partial charge is 0.375 e. The van der Waals surface area contributed by atoms with Crippen LogP contribution in [0.5, 0.6) is 0 Å². The van der Waals surface area contributed by atoms with Gasteiger partial charge < -0.3 is 9.88 Å². The Balaban J connectivity index is 1.96. The number of hydrogen-bond donors (Lipinski definition) is 1. The average molecular weight is 261 g/mol. The van der Waals surface area contributed by atoms with Gasteiger partial charge in [0.05, 0.1) is 24.1 Å². The van der Waals surface area contributed by atoms with E-state index in [-0.39, 0.29) is 0 Å². The Hall–Kier alpha value is -1.78. The lowest BCUT2D eigenvalue weighted by Gasteiger charge is -2.09. The zero-order valence-corrected chi connectivity index (χ0v) is 12.2. The molecule has 1 N–H and O–H groups in total. The van der Waals surface area contributed by atoms with Crippen LogP contribution < -0.4 is 5.32 Å². The van der Waals surface area contributed by atoms with Gasteiger partial charge in [-0.2, -0.15) is 5.10 Å². The van der Waals surface area contributed by atoms with Crippen LogP contribution in [0.3, 0.4) is 0 Å². The normalized spacial score (nSPS) is 11.2. The van der Waals surface area contributed by atoms with E-state index in [4.69, 9.17) is 0 Å². The molecule has 0 spiro atoms. The quantitative estimate of drug-likeness (QED) is 0.869. The maximum atomic E-state index is 4.44. The SMILES string of the molecule is Cc1c(NCc2nccn2C)cnn1CCC(C)C. The molecule has 0 aliphatic heterocycles. The molecule has 0 radical (unpaired) electrons. The second-order valence-electron chi connectivity index (χ2n) is 5.36. The molecule has 0 unspecified atom stereocenters. The number of aromatic nitrogens is 4. The third kappa shape index (κ3) is 3.36. The Morgan fingerprint density at radius 3 is 2.79 bits per heavy atom. The van der Waals surface area contributed by atoms with Gasteiger partial charge in [-0.15, -0.1) is 0 Å². The number of anilines is 1. The topological polar surface area (TPSA) is 47.7 Å². The van der Waals surface area contributed by atoms with Gasteiger partial charge in [-0.05, 0) is 19.3 Å². The van der Waals surface area contributed by atoms with Crippen molar-refractivity contribution in [2.24, 2.45) is 13.0 Å². The van der Waals surface area contributed by atoms with Crippen molar-refractivity contribution < 1.29 is 0 Å². The van der Waals surface area contributed by atoms with Crippen molar-refractivity contribution in [3.63, 3.8) is 0 Å². The average Bonchev–Trinajstić information content (AvgIpc) is 2.91. The minimum absolute atomic E-state index is 0.701. The second kappa shape index (κ2) is 5.91. The summed E-state index contributed by atoms with van der Waals surface area (Å²) in [5.74, 6) is 1.72. The summed E-state index contributed by atoms with van der Waals surface area (Å²) in [7, 11) is 2.00. The van der Waals surface area contributed by atoms with Gasteiger partial charge in [-0.3, -0.25) is 4.68 Å². The fraction of sp³-hybridized carbons (Fsp3) is 0.571. The summed E-state index contributed by atoms with van der Waals surface area (Å²) in [6.45, 7) is 8.28. The molecule has 19 heavy (non-hydrogen) atoms. The van der Waals surface area contributed by atoms with Crippen LogP contribution in [-0.2, 0) is 20.1 Å². The number of hydrogen-bond acceptors (Lipinski definition) is 3. The lowest BCUT2D eigenvalue weighted by molar-refractivity contribution is 0.480. The Morgan fingerprint density at radius 2 is 2.16 bits per heavy atom. The van der Waals surface area contributed by atoms with Gasteiger partial charge in [0.25, 0.3) is 0 Å². The van der Waals surface area contributed by atoms with Crippen LogP contribution >= 0.6 is 0 Å². The van der Waals surface area contributed by atoms with Crippen LogP contribution in [0.2, 0.25) is 0 Å². The predicted molar refractivity (Wildman–Crippen MR) is 77.0 cm³/mol. The van der Waals surface area contributed by atoms with Crippen molar-refractivity contribution in [1.82, 2.24) is 19.3 Å². The van der Waals surface area contributed by atoms with E-state index >= 15 is 0 Å². The molecule has 2 aromatic rings. The Kier molecular flexibility index (Phi) is 4.24. The molecule has 0 fully saturated rings. The van der Waals surface area contributed by atoms with E-state index in [0.29, 0.717) is 5.92 Å². The van der Waals surface area contributed by atoms with Crippen LogP contribution in [-0.4, -0.2) is 19.3 Å². The fourth-order valence-electron chi connectivity index (χ4n) is 1.97. The van der Waals surface area contributed by atoms with Gasteiger partial charge in [0.1, 0.15) is 5.82 Å². The first kappa shape index (κ1) is 13.6. The monoisotopic (exact) mass is 261 g/mol. The summed E-state index contributed by atoms with van der Waals surface area (Å²) >= 11 is 0. The van der Waals surface area contributed by atoms with Crippen molar-refractivity contribution in [1.29, 1.82) is 0 Å². The van der Waals surface area contributed by atoms with E-state index < -0.39 is 0 Å². The van der Waals surface area contributed by atoms with Gasteiger partial charge in [0, 0.05) is 26.0 Å². The minimum atomic E-state index is 0.701. The number of rotatable bonds is 6. The third-order valence-electron chi connectivity index (χ3n) is 3.38. The molecule has 2 rings (SSSR count). The molecule has 2 heterocycles. The van der Waals surface area contributed by atoms with Crippen LogP contribution in [0.1, 0.15) is 31.8 Å². The van der Waals surface area contributed by atoms with E-state index in [0.717, 1.165) is 31.0 Å². The molecular formula is C14H23N5. The maximum absolute atomic E-state index is 4.44. The summed E-state index contributed by atoms with van der Waals surface area (Å²) in [5, 5.41) is 7.83. The summed E-state index contributed by atoms with van der Waals surface area (Å²) in [6, 6.07) is 0. The minimum Gasteiger partial charge on any atom is -0.375 e. The Bertz CT molecular complexity index is 524. The summed E-state index contributed by atoms with van der Waals surface area (Å²) in [4.78, 5) is 4.30. The molecule has 0 saturated carbocycles. The number of aryl methyl sites for hydroxylation is 2. The summed E-state index contributed by atoms with van der Waals surface area (Å²) < 4.78 is 4.09.